The molecule has 0 radical (unpaired) electrons. The van der Waals surface area contributed by atoms with Crippen molar-refractivity contribution in [3.8, 4) is 0 Å². The average Bonchev–Trinajstić information content (AvgIpc) is 2.19. The number of nitrogens with one attached hydrogen (secondary N) is 1. The smallest absolute Gasteiger partial charge is 0.416 e. The third-order valence-electron chi connectivity index (χ3n) is 2.00. The van der Waals surface area contributed by atoms with E-state index >= 15 is 0 Å². The van der Waals surface area contributed by atoms with Crippen LogP contribution in [0.2, 0.25) is 10.0 Å². The summed E-state index contributed by atoms with van der Waals surface area (Å²) in [6.45, 7) is 4.92. The Balaban J connectivity index is 3.01. The highest BCUT2D eigenvalue weighted by atomic mass is 35.5. The van der Waals surface area contributed by atoms with Crippen LogP contribution >= 0.6 is 23.2 Å². The van der Waals surface area contributed by atoms with Gasteiger partial charge in [0.25, 0.3) is 0 Å². The highest BCUT2D eigenvalue weighted by Crippen LogP contribution is 2.38. The van der Waals surface area contributed by atoms with Crippen LogP contribution in [-0.4, -0.2) is 11.7 Å². The highest BCUT2D eigenvalue weighted by molar-refractivity contribution is 6.39. The second kappa shape index (κ2) is 5.69. The van der Waals surface area contributed by atoms with Gasteiger partial charge in [0, 0.05) is 0 Å². The number of ether oxygens (including phenoxy) is 1. The molecule has 0 spiro atoms. The normalized spacial score (nSPS) is 12.2. The van der Waals surface area contributed by atoms with Crippen molar-refractivity contribution in [1.82, 2.24) is 0 Å². The fraction of sp³-hybridized carbons (Fsp3) is 0.417. The van der Waals surface area contributed by atoms with Crippen molar-refractivity contribution < 1.29 is 22.7 Å². The van der Waals surface area contributed by atoms with E-state index in [-0.39, 0.29) is 15.7 Å². The van der Waals surface area contributed by atoms with Crippen LogP contribution in [0, 0.1) is 0 Å². The SMILES string of the molecule is CC(C)(C)OC(=O)Nc1c(Cl)cc(C(F)(F)F)cc1Cl. The summed E-state index contributed by atoms with van der Waals surface area (Å²) in [5, 5.41) is 1.57. The minimum absolute atomic E-state index is 0.129. The molecular weight excluding hydrogens is 318 g/mol. The highest BCUT2D eigenvalue weighted by Gasteiger charge is 2.32. The van der Waals surface area contributed by atoms with Crippen LogP contribution in [0.1, 0.15) is 26.3 Å². The van der Waals surface area contributed by atoms with E-state index in [1.54, 1.807) is 20.8 Å². The Morgan fingerprint density at radius 1 is 1.15 bits per heavy atom. The molecule has 0 bridgehead atoms. The number of carbonyl (C=O) groups is 1. The van der Waals surface area contributed by atoms with E-state index in [1.807, 2.05) is 0 Å². The summed E-state index contributed by atoms with van der Waals surface area (Å²) in [5.74, 6) is 0. The zero-order valence-electron chi connectivity index (χ0n) is 10.9. The monoisotopic (exact) mass is 329 g/mol. The molecule has 112 valence electrons. The van der Waals surface area contributed by atoms with Gasteiger partial charge in [-0.25, -0.2) is 4.79 Å². The van der Waals surface area contributed by atoms with Gasteiger partial charge >= 0.3 is 12.3 Å². The maximum Gasteiger partial charge on any atom is 0.416 e. The molecule has 0 unspecified atom stereocenters. The number of carbonyl (C=O) groups excluding carboxylic acids is 1. The zero-order chi connectivity index (χ0) is 15.7. The van der Waals surface area contributed by atoms with E-state index in [1.165, 1.54) is 0 Å². The summed E-state index contributed by atoms with van der Waals surface area (Å²) >= 11 is 11.4. The molecule has 1 amide bonds. The average molecular weight is 330 g/mol. The fourth-order valence-corrected chi connectivity index (χ4v) is 1.84. The van der Waals surface area contributed by atoms with E-state index in [0.29, 0.717) is 12.1 Å². The van der Waals surface area contributed by atoms with Gasteiger partial charge in [0.2, 0.25) is 0 Å². The Labute approximate surface area is 124 Å². The molecule has 20 heavy (non-hydrogen) atoms. The molecule has 0 heterocycles. The number of rotatable bonds is 1. The molecule has 0 aliphatic carbocycles. The molecule has 1 rings (SSSR count). The van der Waals surface area contributed by atoms with Crippen molar-refractivity contribution in [3.63, 3.8) is 0 Å². The van der Waals surface area contributed by atoms with Gasteiger partial charge in [-0.2, -0.15) is 13.2 Å². The molecular formula is C12H12Cl2F3NO2. The van der Waals surface area contributed by atoms with E-state index in [9.17, 15) is 18.0 Å². The molecule has 0 fully saturated rings. The second-order valence-electron chi connectivity index (χ2n) is 4.94. The zero-order valence-corrected chi connectivity index (χ0v) is 12.4. The van der Waals surface area contributed by atoms with Crippen LogP contribution in [0.15, 0.2) is 12.1 Å². The summed E-state index contributed by atoms with van der Waals surface area (Å²) in [6.07, 6.45) is -5.43. The third kappa shape index (κ3) is 4.76. The van der Waals surface area contributed by atoms with Crippen LogP contribution in [0.4, 0.5) is 23.7 Å². The molecule has 0 saturated carbocycles. The van der Waals surface area contributed by atoms with Crippen molar-refractivity contribution in [3.05, 3.63) is 27.7 Å². The van der Waals surface area contributed by atoms with Gasteiger partial charge in [0.05, 0.1) is 21.3 Å². The first-order chi connectivity index (χ1) is 8.90. The van der Waals surface area contributed by atoms with E-state index < -0.39 is 23.4 Å². The van der Waals surface area contributed by atoms with Crippen LogP contribution in [0.5, 0.6) is 0 Å². The van der Waals surface area contributed by atoms with Gasteiger partial charge in [-0.05, 0) is 32.9 Å². The van der Waals surface area contributed by atoms with Crippen LogP contribution in [-0.2, 0) is 10.9 Å². The Morgan fingerprint density at radius 2 is 1.60 bits per heavy atom. The quantitative estimate of drug-likeness (QED) is 0.753. The van der Waals surface area contributed by atoms with E-state index in [0.717, 1.165) is 0 Å². The summed E-state index contributed by atoms with van der Waals surface area (Å²) in [5.41, 5.74) is -1.88. The first kappa shape index (κ1) is 16.9. The topological polar surface area (TPSA) is 38.3 Å². The van der Waals surface area contributed by atoms with Crippen molar-refractivity contribution in [1.29, 1.82) is 0 Å². The van der Waals surface area contributed by atoms with Crippen molar-refractivity contribution >= 4 is 35.0 Å². The van der Waals surface area contributed by atoms with Crippen molar-refractivity contribution in [2.75, 3.05) is 5.32 Å². The summed E-state index contributed by atoms with van der Waals surface area (Å²) in [7, 11) is 0. The minimum atomic E-state index is -4.57. The number of hydrogen-bond acceptors (Lipinski definition) is 2. The molecule has 3 nitrogen and oxygen atoms in total. The second-order valence-corrected chi connectivity index (χ2v) is 5.75. The Kier molecular flexibility index (Phi) is 4.82. The summed E-state index contributed by atoms with van der Waals surface area (Å²) in [4.78, 5) is 11.5. The van der Waals surface area contributed by atoms with Gasteiger partial charge in [-0.1, -0.05) is 23.2 Å². The first-order valence-electron chi connectivity index (χ1n) is 5.46. The molecule has 0 aliphatic rings. The molecule has 1 N–H and O–H groups in total. The van der Waals surface area contributed by atoms with E-state index in [4.69, 9.17) is 27.9 Å². The largest absolute Gasteiger partial charge is 0.444 e. The molecule has 1 aromatic rings. The van der Waals surface area contributed by atoms with Gasteiger partial charge in [0.15, 0.2) is 0 Å². The van der Waals surface area contributed by atoms with Crippen LogP contribution in [0.25, 0.3) is 0 Å². The minimum Gasteiger partial charge on any atom is -0.444 e. The van der Waals surface area contributed by atoms with Crippen LogP contribution in [0.3, 0.4) is 0 Å². The fourth-order valence-electron chi connectivity index (χ4n) is 1.26. The predicted molar refractivity (Wildman–Crippen MR) is 71.3 cm³/mol. The van der Waals surface area contributed by atoms with Gasteiger partial charge in [0.1, 0.15) is 5.60 Å². The van der Waals surface area contributed by atoms with Crippen molar-refractivity contribution in [2.24, 2.45) is 0 Å². The summed E-state index contributed by atoms with van der Waals surface area (Å²) in [6, 6.07) is 1.36. The number of halogens is 5. The maximum absolute atomic E-state index is 12.5. The lowest BCUT2D eigenvalue weighted by molar-refractivity contribution is -0.137. The van der Waals surface area contributed by atoms with Crippen LogP contribution < -0.4 is 5.32 Å². The lowest BCUT2D eigenvalue weighted by atomic mass is 10.2. The first-order valence-corrected chi connectivity index (χ1v) is 6.22. The van der Waals surface area contributed by atoms with Gasteiger partial charge < -0.3 is 4.74 Å². The molecule has 8 heteroatoms. The number of hydrogen-bond donors (Lipinski definition) is 1. The predicted octanol–water partition coefficient (Wildman–Crippen LogP) is 5.36. The Hall–Kier alpha value is -1.14. The van der Waals surface area contributed by atoms with E-state index in [2.05, 4.69) is 5.32 Å². The Bertz CT molecular complexity index is 501. The molecule has 0 atom stereocenters. The molecule has 0 saturated heterocycles. The third-order valence-corrected chi connectivity index (χ3v) is 2.59. The lowest BCUT2D eigenvalue weighted by Crippen LogP contribution is -2.27. The maximum atomic E-state index is 12.5. The number of benzene rings is 1. The van der Waals surface area contributed by atoms with Crippen molar-refractivity contribution in [2.45, 2.75) is 32.5 Å². The van der Waals surface area contributed by atoms with Gasteiger partial charge in [-0.15, -0.1) is 0 Å². The number of amides is 1. The number of anilines is 1. The Morgan fingerprint density at radius 3 is 1.95 bits per heavy atom. The molecule has 1 aromatic carbocycles. The molecule has 0 aromatic heterocycles. The molecule has 0 aliphatic heterocycles. The standard InChI is InChI=1S/C12H12Cl2F3NO2/c1-11(2,3)20-10(19)18-9-7(13)4-6(5-8(9)14)12(15,16)17/h4-5H,1-3H3,(H,18,19). The number of alkyl halides is 3. The summed E-state index contributed by atoms with van der Waals surface area (Å²) < 4.78 is 42.6. The lowest BCUT2D eigenvalue weighted by Gasteiger charge is -2.20. The van der Waals surface area contributed by atoms with Gasteiger partial charge in [-0.3, -0.25) is 5.32 Å².